The van der Waals surface area contributed by atoms with Crippen LogP contribution in [0.2, 0.25) is 0 Å². The summed E-state index contributed by atoms with van der Waals surface area (Å²) in [6, 6.07) is 0. The average molecular weight is 269 g/mol. The predicted molar refractivity (Wildman–Crippen MR) is 73.7 cm³/mol. The van der Waals surface area contributed by atoms with E-state index < -0.39 is 0 Å². The fourth-order valence-corrected chi connectivity index (χ4v) is 1.41. The van der Waals surface area contributed by atoms with E-state index in [0.29, 0.717) is 19.3 Å². The SMILES string of the molecule is C=CCC/C=N/NC(=O)CCCCCCC(=O)NO. The van der Waals surface area contributed by atoms with Gasteiger partial charge in [-0.25, -0.2) is 10.9 Å². The molecule has 0 rings (SSSR count). The zero-order valence-corrected chi connectivity index (χ0v) is 11.2. The van der Waals surface area contributed by atoms with Crippen molar-refractivity contribution in [1.29, 1.82) is 0 Å². The van der Waals surface area contributed by atoms with Gasteiger partial charge in [0.2, 0.25) is 11.8 Å². The molecule has 0 spiro atoms. The van der Waals surface area contributed by atoms with E-state index in [4.69, 9.17) is 5.21 Å². The molecule has 0 saturated carbocycles. The van der Waals surface area contributed by atoms with Crippen molar-refractivity contribution in [3.05, 3.63) is 12.7 Å². The van der Waals surface area contributed by atoms with Gasteiger partial charge in [-0.15, -0.1) is 6.58 Å². The van der Waals surface area contributed by atoms with Gasteiger partial charge in [-0.3, -0.25) is 14.8 Å². The highest BCUT2D eigenvalue weighted by Gasteiger charge is 2.01. The molecule has 0 aliphatic carbocycles. The first-order chi connectivity index (χ1) is 9.20. The minimum absolute atomic E-state index is 0.0945. The molecule has 0 aromatic rings. The van der Waals surface area contributed by atoms with E-state index in [0.717, 1.165) is 32.1 Å². The molecule has 0 saturated heterocycles. The van der Waals surface area contributed by atoms with Crippen molar-refractivity contribution in [3.8, 4) is 0 Å². The molecular formula is C13H23N3O3. The molecule has 0 heterocycles. The molecule has 3 N–H and O–H groups in total. The van der Waals surface area contributed by atoms with Crippen LogP contribution in [0.1, 0.15) is 51.4 Å². The number of carbonyl (C=O) groups is 2. The first kappa shape index (κ1) is 17.3. The van der Waals surface area contributed by atoms with Gasteiger partial charge in [0.05, 0.1) is 0 Å². The maximum Gasteiger partial charge on any atom is 0.243 e. The molecule has 6 heteroatoms. The first-order valence-corrected chi connectivity index (χ1v) is 6.55. The van der Waals surface area contributed by atoms with Crippen molar-refractivity contribution in [2.45, 2.75) is 51.4 Å². The molecule has 0 fully saturated rings. The Balaban J connectivity index is 3.36. The summed E-state index contributed by atoms with van der Waals surface area (Å²) in [5.74, 6) is -0.463. The van der Waals surface area contributed by atoms with Gasteiger partial charge in [0.1, 0.15) is 0 Å². The van der Waals surface area contributed by atoms with Crippen LogP contribution in [-0.2, 0) is 9.59 Å². The third kappa shape index (κ3) is 12.6. The van der Waals surface area contributed by atoms with Crippen molar-refractivity contribution < 1.29 is 14.8 Å². The van der Waals surface area contributed by atoms with Crippen LogP contribution in [0, 0.1) is 0 Å². The first-order valence-electron chi connectivity index (χ1n) is 6.55. The average Bonchev–Trinajstić information content (AvgIpc) is 2.42. The molecule has 108 valence electrons. The number of rotatable bonds is 11. The maximum atomic E-state index is 11.3. The largest absolute Gasteiger partial charge is 0.289 e. The van der Waals surface area contributed by atoms with Crippen LogP contribution in [-0.4, -0.2) is 23.2 Å². The molecular weight excluding hydrogens is 246 g/mol. The van der Waals surface area contributed by atoms with Gasteiger partial charge in [0, 0.05) is 19.1 Å². The van der Waals surface area contributed by atoms with E-state index in [9.17, 15) is 9.59 Å². The van der Waals surface area contributed by atoms with Crippen LogP contribution in [0.25, 0.3) is 0 Å². The van der Waals surface area contributed by atoms with Gasteiger partial charge >= 0.3 is 0 Å². The minimum Gasteiger partial charge on any atom is -0.289 e. The normalized spacial score (nSPS) is 10.4. The second-order valence-corrected chi connectivity index (χ2v) is 4.16. The topological polar surface area (TPSA) is 90.8 Å². The lowest BCUT2D eigenvalue weighted by Crippen LogP contribution is -2.18. The smallest absolute Gasteiger partial charge is 0.243 e. The van der Waals surface area contributed by atoms with E-state index in [2.05, 4.69) is 17.1 Å². The Labute approximate surface area is 113 Å². The van der Waals surface area contributed by atoms with Gasteiger partial charge < -0.3 is 0 Å². The number of amides is 2. The van der Waals surface area contributed by atoms with E-state index >= 15 is 0 Å². The molecule has 0 aliphatic heterocycles. The summed E-state index contributed by atoms with van der Waals surface area (Å²) in [7, 11) is 0. The molecule has 19 heavy (non-hydrogen) atoms. The summed E-state index contributed by atoms with van der Waals surface area (Å²) in [4.78, 5) is 22.0. The van der Waals surface area contributed by atoms with Crippen molar-refractivity contribution in [2.24, 2.45) is 5.10 Å². The molecule has 0 aromatic carbocycles. The van der Waals surface area contributed by atoms with Gasteiger partial charge in [-0.05, 0) is 25.7 Å². The standard InChI is InChI=1S/C13H23N3O3/c1-2-3-8-11-14-15-12(17)9-6-4-5-7-10-13(18)16-19/h2,11,19H,1,3-10H2,(H,15,17)(H,16,18)/b14-11+. The fraction of sp³-hybridized carbons (Fsp3) is 0.615. The molecule has 2 amide bonds. The quantitative estimate of drug-likeness (QED) is 0.176. The summed E-state index contributed by atoms with van der Waals surface area (Å²) >= 11 is 0. The Bertz CT molecular complexity index is 304. The third-order valence-electron chi connectivity index (χ3n) is 2.46. The number of nitrogens with one attached hydrogen (secondary N) is 2. The summed E-state index contributed by atoms with van der Waals surface area (Å²) in [5.41, 5.74) is 4.05. The van der Waals surface area contributed by atoms with Crippen LogP contribution in [0.3, 0.4) is 0 Å². The number of hydrogen-bond donors (Lipinski definition) is 3. The summed E-state index contributed by atoms with van der Waals surface area (Å²) < 4.78 is 0. The van der Waals surface area contributed by atoms with Crippen molar-refractivity contribution in [2.75, 3.05) is 0 Å². The number of nitrogens with zero attached hydrogens (tertiary/aromatic N) is 1. The monoisotopic (exact) mass is 269 g/mol. The lowest BCUT2D eigenvalue weighted by Gasteiger charge is -2.01. The summed E-state index contributed by atoms with van der Waals surface area (Å²) in [6.07, 6.45) is 9.06. The molecule has 0 bridgehead atoms. The van der Waals surface area contributed by atoms with Crippen LogP contribution in [0.4, 0.5) is 0 Å². The highest BCUT2D eigenvalue weighted by Crippen LogP contribution is 2.05. The molecule has 0 atom stereocenters. The molecule has 0 aromatic heterocycles. The Kier molecular flexibility index (Phi) is 11.6. The minimum atomic E-state index is -0.369. The van der Waals surface area contributed by atoms with Gasteiger partial charge in [0.25, 0.3) is 0 Å². The highest BCUT2D eigenvalue weighted by atomic mass is 16.5. The fourth-order valence-electron chi connectivity index (χ4n) is 1.41. The van der Waals surface area contributed by atoms with E-state index in [1.807, 2.05) is 0 Å². The Morgan fingerprint density at radius 1 is 1.05 bits per heavy atom. The molecule has 0 aliphatic rings. The Morgan fingerprint density at radius 2 is 1.68 bits per heavy atom. The highest BCUT2D eigenvalue weighted by molar-refractivity contribution is 5.76. The van der Waals surface area contributed by atoms with Crippen LogP contribution in [0.5, 0.6) is 0 Å². The second kappa shape index (κ2) is 12.8. The number of unbranched alkanes of at least 4 members (excludes halogenated alkanes) is 4. The molecule has 0 radical (unpaired) electrons. The Morgan fingerprint density at radius 3 is 2.26 bits per heavy atom. The third-order valence-corrected chi connectivity index (χ3v) is 2.46. The number of carbonyl (C=O) groups excluding carboxylic acids is 2. The van der Waals surface area contributed by atoms with Crippen LogP contribution in [0.15, 0.2) is 17.8 Å². The number of hydrazone groups is 1. The predicted octanol–water partition coefficient (Wildman–Crippen LogP) is 1.90. The van der Waals surface area contributed by atoms with Gasteiger partial charge in [-0.2, -0.15) is 5.10 Å². The lowest BCUT2D eigenvalue weighted by atomic mass is 10.1. The van der Waals surface area contributed by atoms with Crippen LogP contribution < -0.4 is 10.9 Å². The van der Waals surface area contributed by atoms with Gasteiger partial charge in [0.15, 0.2) is 0 Å². The van der Waals surface area contributed by atoms with Gasteiger partial charge in [-0.1, -0.05) is 18.9 Å². The number of allylic oxidation sites excluding steroid dienone is 1. The summed E-state index contributed by atoms with van der Waals surface area (Å²) in [5, 5.41) is 12.1. The molecule has 0 unspecified atom stereocenters. The summed E-state index contributed by atoms with van der Waals surface area (Å²) in [6.45, 7) is 3.59. The van der Waals surface area contributed by atoms with E-state index in [1.165, 1.54) is 0 Å². The van der Waals surface area contributed by atoms with Crippen molar-refractivity contribution >= 4 is 18.0 Å². The zero-order valence-electron chi connectivity index (χ0n) is 11.2. The molecule has 6 nitrogen and oxygen atoms in total. The zero-order chi connectivity index (χ0) is 14.3. The second-order valence-electron chi connectivity index (χ2n) is 4.16. The number of hydrogen-bond acceptors (Lipinski definition) is 4. The van der Waals surface area contributed by atoms with Crippen LogP contribution >= 0.6 is 0 Å². The number of hydroxylamine groups is 1. The Hall–Kier alpha value is -1.69. The van der Waals surface area contributed by atoms with E-state index in [1.54, 1.807) is 17.8 Å². The maximum absolute atomic E-state index is 11.3. The van der Waals surface area contributed by atoms with Crippen molar-refractivity contribution in [1.82, 2.24) is 10.9 Å². The lowest BCUT2D eigenvalue weighted by molar-refractivity contribution is -0.129. The van der Waals surface area contributed by atoms with E-state index in [-0.39, 0.29) is 11.8 Å². The van der Waals surface area contributed by atoms with Crippen molar-refractivity contribution in [3.63, 3.8) is 0 Å².